The van der Waals surface area contributed by atoms with Crippen LogP contribution in [0.4, 0.5) is 15.3 Å². The molecule has 1 aromatic rings. The van der Waals surface area contributed by atoms with Crippen LogP contribution >= 0.6 is 0 Å². The molecular weight excluding hydrogens is 242 g/mol. The number of nitrogens with zero attached hydrogens (tertiary/aromatic N) is 2. The molecule has 5 nitrogen and oxygen atoms in total. The predicted octanol–water partition coefficient (Wildman–Crippen LogP) is 3.00. The number of carbonyl (C=O) groups excluding carboxylic acids is 2. The Morgan fingerprint density at radius 1 is 1.16 bits per heavy atom. The molecule has 104 valence electrons. The Kier molecular flexibility index (Phi) is 5.85. The highest BCUT2D eigenvalue weighted by atomic mass is 16.2. The van der Waals surface area contributed by atoms with E-state index < -0.39 is 6.03 Å². The largest absolute Gasteiger partial charge is 0.330 e. The molecule has 0 bridgehead atoms. The minimum atomic E-state index is -0.390. The van der Waals surface area contributed by atoms with Gasteiger partial charge in [0.25, 0.3) is 0 Å². The fourth-order valence-electron chi connectivity index (χ4n) is 1.55. The first-order valence-electron chi connectivity index (χ1n) is 6.41. The number of unbranched alkanes of at least 4 members (excludes halogenated alkanes) is 1. The van der Waals surface area contributed by atoms with E-state index in [4.69, 9.17) is 0 Å². The van der Waals surface area contributed by atoms with E-state index in [0.29, 0.717) is 12.2 Å². The molecule has 0 saturated heterocycles. The number of rotatable bonds is 4. The van der Waals surface area contributed by atoms with Crippen LogP contribution in [0.2, 0.25) is 0 Å². The lowest BCUT2D eigenvalue weighted by atomic mass is 10.3. The molecule has 0 unspecified atom stereocenters. The van der Waals surface area contributed by atoms with Crippen LogP contribution in [0.3, 0.4) is 0 Å². The number of amides is 4. The second-order valence-electron chi connectivity index (χ2n) is 4.48. The van der Waals surface area contributed by atoms with Gasteiger partial charge in [0.15, 0.2) is 0 Å². The molecule has 0 saturated carbocycles. The van der Waals surface area contributed by atoms with Crippen LogP contribution in [0.5, 0.6) is 0 Å². The van der Waals surface area contributed by atoms with Crippen LogP contribution < -0.4 is 5.32 Å². The van der Waals surface area contributed by atoms with Crippen LogP contribution in [0.1, 0.15) is 19.8 Å². The van der Waals surface area contributed by atoms with Crippen LogP contribution in [0, 0.1) is 0 Å². The number of hydrogen-bond donors (Lipinski definition) is 1. The fraction of sp³-hybridized carbons (Fsp3) is 0.429. The zero-order chi connectivity index (χ0) is 14.3. The standard InChI is InChI=1S/C14H21N3O2/c1-4-5-11-17(14(19)16(2)3)13(18)15-12-9-7-6-8-10-12/h6-10H,4-5,11H2,1-3H3,(H,15,18). The molecule has 0 aliphatic rings. The summed E-state index contributed by atoms with van der Waals surface area (Å²) in [6.07, 6.45) is 1.72. The van der Waals surface area contributed by atoms with E-state index in [-0.39, 0.29) is 6.03 Å². The first kappa shape index (κ1) is 15.0. The van der Waals surface area contributed by atoms with Gasteiger partial charge in [0.2, 0.25) is 0 Å². The lowest BCUT2D eigenvalue weighted by molar-refractivity contribution is 0.173. The van der Waals surface area contributed by atoms with E-state index >= 15 is 0 Å². The Bertz CT molecular complexity index is 418. The van der Waals surface area contributed by atoms with Crippen molar-refractivity contribution in [3.8, 4) is 0 Å². The number of para-hydroxylation sites is 1. The summed E-state index contributed by atoms with van der Waals surface area (Å²) < 4.78 is 0. The maximum atomic E-state index is 12.1. The number of urea groups is 2. The molecule has 0 aromatic heterocycles. The fourth-order valence-corrected chi connectivity index (χ4v) is 1.55. The summed E-state index contributed by atoms with van der Waals surface area (Å²) in [5.74, 6) is 0. The highest BCUT2D eigenvalue weighted by Crippen LogP contribution is 2.08. The SMILES string of the molecule is CCCCN(C(=O)Nc1ccccc1)C(=O)N(C)C. The number of nitrogens with one attached hydrogen (secondary N) is 1. The minimum absolute atomic E-state index is 0.304. The quantitative estimate of drug-likeness (QED) is 0.907. The van der Waals surface area contributed by atoms with Gasteiger partial charge in [-0.25, -0.2) is 14.5 Å². The van der Waals surface area contributed by atoms with Gasteiger partial charge in [0.05, 0.1) is 0 Å². The average molecular weight is 263 g/mol. The van der Waals surface area contributed by atoms with Crippen molar-refractivity contribution in [2.45, 2.75) is 19.8 Å². The van der Waals surface area contributed by atoms with Gasteiger partial charge in [-0.05, 0) is 18.6 Å². The molecule has 19 heavy (non-hydrogen) atoms. The van der Waals surface area contributed by atoms with Crippen molar-refractivity contribution >= 4 is 17.7 Å². The van der Waals surface area contributed by atoms with Crippen molar-refractivity contribution in [3.05, 3.63) is 30.3 Å². The predicted molar refractivity (Wildman–Crippen MR) is 76.2 cm³/mol. The smallest absolute Gasteiger partial charge is 0.329 e. The number of carbonyl (C=O) groups is 2. The lowest BCUT2D eigenvalue weighted by Gasteiger charge is -2.24. The molecule has 0 radical (unpaired) electrons. The van der Waals surface area contributed by atoms with E-state index in [2.05, 4.69) is 5.32 Å². The van der Waals surface area contributed by atoms with Gasteiger partial charge >= 0.3 is 12.1 Å². The second kappa shape index (κ2) is 7.41. The number of imide groups is 1. The van der Waals surface area contributed by atoms with Crippen molar-refractivity contribution in [1.29, 1.82) is 0 Å². The first-order valence-corrected chi connectivity index (χ1v) is 6.41. The molecule has 1 rings (SSSR count). The summed E-state index contributed by atoms with van der Waals surface area (Å²) in [4.78, 5) is 26.7. The molecule has 0 spiro atoms. The summed E-state index contributed by atoms with van der Waals surface area (Å²) >= 11 is 0. The molecule has 1 N–H and O–H groups in total. The van der Waals surface area contributed by atoms with Crippen LogP contribution in [-0.2, 0) is 0 Å². The van der Waals surface area contributed by atoms with Crippen molar-refractivity contribution in [1.82, 2.24) is 9.80 Å². The van der Waals surface area contributed by atoms with Gasteiger partial charge < -0.3 is 10.2 Å². The molecule has 0 fully saturated rings. The van der Waals surface area contributed by atoms with E-state index in [9.17, 15) is 9.59 Å². The summed E-state index contributed by atoms with van der Waals surface area (Å²) in [7, 11) is 3.27. The van der Waals surface area contributed by atoms with E-state index in [1.807, 2.05) is 25.1 Å². The van der Waals surface area contributed by atoms with Crippen molar-refractivity contribution in [3.63, 3.8) is 0 Å². The molecule has 5 heteroatoms. The maximum Gasteiger partial charge on any atom is 0.329 e. The third kappa shape index (κ3) is 4.62. The van der Waals surface area contributed by atoms with E-state index in [1.165, 1.54) is 9.80 Å². The molecule has 4 amide bonds. The summed E-state index contributed by atoms with van der Waals surface area (Å²) in [5, 5.41) is 2.73. The molecule has 0 heterocycles. The Hall–Kier alpha value is -2.04. The van der Waals surface area contributed by atoms with Gasteiger partial charge in [0.1, 0.15) is 0 Å². The minimum Gasteiger partial charge on any atom is -0.330 e. The molecule has 0 aliphatic carbocycles. The van der Waals surface area contributed by atoms with Crippen LogP contribution in [0.25, 0.3) is 0 Å². The Labute approximate surface area is 114 Å². The van der Waals surface area contributed by atoms with Gasteiger partial charge in [-0.2, -0.15) is 0 Å². The highest BCUT2D eigenvalue weighted by Gasteiger charge is 2.22. The summed E-state index contributed by atoms with van der Waals surface area (Å²) in [6.45, 7) is 2.44. The number of benzene rings is 1. The van der Waals surface area contributed by atoms with Gasteiger partial charge in [0, 0.05) is 26.3 Å². The van der Waals surface area contributed by atoms with E-state index in [1.54, 1.807) is 26.2 Å². The van der Waals surface area contributed by atoms with Crippen molar-refractivity contribution < 1.29 is 9.59 Å². The summed E-state index contributed by atoms with van der Waals surface area (Å²) in [5.41, 5.74) is 0.681. The third-order valence-corrected chi connectivity index (χ3v) is 2.62. The maximum absolute atomic E-state index is 12.1. The Balaban J connectivity index is 2.74. The molecular formula is C14H21N3O2. The average Bonchev–Trinajstić information content (AvgIpc) is 2.40. The van der Waals surface area contributed by atoms with Crippen LogP contribution in [-0.4, -0.2) is 42.5 Å². The number of anilines is 1. The monoisotopic (exact) mass is 263 g/mol. The molecule has 0 atom stereocenters. The van der Waals surface area contributed by atoms with Crippen molar-refractivity contribution in [2.75, 3.05) is 26.0 Å². The second-order valence-corrected chi connectivity index (χ2v) is 4.48. The lowest BCUT2D eigenvalue weighted by Crippen LogP contribution is -2.45. The molecule has 1 aromatic carbocycles. The topological polar surface area (TPSA) is 52.7 Å². The Morgan fingerprint density at radius 2 is 1.79 bits per heavy atom. The van der Waals surface area contributed by atoms with Gasteiger partial charge in [-0.1, -0.05) is 31.5 Å². The van der Waals surface area contributed by atoms with Gasteiger partial charge in [-0.15, -0.1) is 0 Å². The third-order valence-electron chi connectivity index (χ3n) is 2.62. The van der Waals surface area contributed by atoms with Gasteiger partial charge in [-0.3, -0.25) is 0 Å². The van der Waals surface area contributed by atoms with E-state index in [0.717, 1.165) is 12.8 Å². The Morgan fingerprint density at radius 3 is 2.32 bits per heavy atom. The number of hydrogen-bond acceptors (Lipinski definition) is 2. The normalized spacial score (nSPS) is 9.84. The highest BCUT2D eigenvalue weighted by molar-refractivity contribution is 6.00. The first-order chi connectivity index (χ1) is 9.06. The summed E-state index contributed by atoms with van der Waals surface area (Å²) in [6, 6.07) is 8.42. The zero-order valence-corrected chi connectivity index (χ0v) is 11.7. The van der Waals surface area contributed by atoms with Crippen molar-refractivity contribution in [2.24, 2.45) is 0 Å². The van der Waals surface area contributed by atoms with Crippen LogP contribution in [0.15, 0.2) is 30.3 Å². The molecule has 0 aliphatic heterocycles. The zero-order valence-electron chi connectivity index (χ0n) is 11.7.